The Morgan fingerprint density at radius 2 is 2.47 bits per heavy atom. The number of nitrogens with zero attached hydrogens (tertiary/aromatic N) is 1. The van der Waals surface area contributed by atoms with Crippen LogP contribution in [0.1, 0.15) is 19.8 Å². The van der Waals surface area contributed by atoms with Crippen LogP contribution in [0.15, 0.2) is 0 Å². The van der Waals surface area contributed by atoms with Gasteiger partial charge in [-0.15, -0.1) is 0 Å². The molecule has 4 nitrogen and oxygen atoms in total. The van der Waals surface area contributed by atoms with Gasteiger partial charge in [-0.2, -0.15) is 0 Å². The van der Waals surface area contributed by atoms with E-state index in [-0.39, 0.29) is 24.3 Å². The van der Waals surface area contributed by atoms with Crippen LogP contribution < -0.4 is 5.32 Å². The van der Waals surface area contributed by atoms with Gasteiger partial charge in [-0.25, -0.2) is 0 Å². The van der Waals surface area contributed by atoms with Crippen molar-refractivity contribution in [2.45, 2.75) is 25.8 Å². The highest BCUT2D eigenvalue weighted by atomic mass is 16.3. The molecule has 0 saturated carbocycles. The summed E-state index contributed by atoms with van der Waals surface area (Å²) in [5.41, 5.74) is 0. The number of carbonyl (C=O) groups is 1. The molecule has 2 fully saturated rings. The van der Waals surface area contributed by atoms with Crippen LogP contribution in [0, 0.1) is 11.8 Å². The summed E-state index contributed by atoms with van der Waals surface area (Å²) in [7, 11) is 0. The predicted molar refractivity (Wildman–Crippen MR) is 57.3 cm³/mol. The van der Waals surface area contributed by atoms with Crippen LogP contribution >= 0.6 is 0 Å². The normalized spacial score (nSPS) is 32.9. The van der Waals surface area contributed by atoms with Crippen LogP contribution in [-0.4, -0.2) is 48.2 Å². The summed E-state index contributed by atoms with van der Waals surface area (Å²) in [6.07, 6.45) is 2.14. The second kappa shape index (κ2) is 4.49. The van der Waals surface area contributed by atoms with Gasteiger partial charge in [-0.1, -0.05) is 6.92 Å². The molecule has 0 aromatic rings. The first-order valence-electron chi connectivity index (χ1n) is 5.85. The highest BCUT2D eigenvalue weighted by molar-refractivity contribution is 5.82. The molecule has 0 aromatic carbocycles. The SMILES string of the molecule is CC(CO)CN1CC2NCCCC2C1=O. The molecule has 3 atom stereocenters. The van der Waals surface area contributed by atoms with E-state index in [9.17, 15) is 4.79 Å². The van der Waals surface area contributed by atoms with E-state index >= 15 is 0 Å². The lowest BCUT2D eigenvalue weighted by atomic mass is 9.94. The monoisotopic (exact) mass is 212 g/mol. The van der Waals surface area contributed by atoms with Crippen molar-refractivity contribution >= 4 is 5.91 Å². The number of piperidine rings is 1. The number of aliphatic hydroxyl groups excluding tert-OH is 1. The lowest BCUT2D eigenvalue weighted by Gasteiger charge is -2.23. The van der Waals surface area contributed by atoms with Gasteiger partial charge in [0.1, 0.15) is 0 Å². The molecule has 15 heavy (non-hydrogen) atoms. The highest BCUT2D eigenvalue weighted by Gasteiger charge is 2.41. The molecule has 2 N–H and O–H groups in total. The zero-order valence-electron chi connectivity index (χ0n) is 9.28. The van der Waals surface area contributed by atoms with Crippen LogP contribution in [0.4, 0.5) is 0 Å². The summed E-state index contributed by atoms with van der Waals surface area (Å²) < 4.78 is 0. The lowest BCUT2D eigenvalue weighted by molar-refractivity contribution is -0.132. The summed E-state index contributed by atoms with van der Waals surface area (Å²) in [5, 5.41) is 12.4. The molecule has 2 saturated heterocycles. The maximum absolute atomic E-state index is 12.0. The number of carbonyl (C=O) groups excluding carboxylic acids is 1. The molecule has 0 aliphatic carbocycles. The third kappa shape index (κ3) is 2.16. The number of amides is 1. The van der Waals surface area contributed by atoms with E-state index in [1.54, 1.807) is 0 Å². The molecule has 2 aliphatic heterocycles. The van der Waals surface area contributed by atoms with Crippen molar-refractivity contribution in [1.82, 2.24) is 10.2 Å². The topological polar surface area (TPSA) is 52.6 Å². The van der Waals surface area contributed by atoms with Crippen molar-refractivity contribution in [3.63, 3.8) is 0 Å². The summed E-state index contributed by atoms with van der Waals surface area (Å²) in [6, 6.07) is 0.358. The largest absolute Gasteiger partial charge is 0.396 e. The molecular weight excluding hydrogens is 192 g/mol. The molecule has 2 heterocycles. The number of hydrogen-bond donors (Lipinski definition) is 2. The second-order valence-corrected chi connectivity index (χ2v) is 4.84. The maximum atomic E-state index is 12.0. The lowest BCUT2D eigenvalue weighted by Crippen LogP contribution is -2.41. The highest BCUT2D eigenvalue weighted by Crippen LogP contribution is 2.26. The first-order valence-corrected chi connectivity index (χ1v) is 5.85. The smallest absolute Gasteiger partial charge is 0.227 e. The Morgan fingerprint density at radius 3 is 3.13 bits per heavy atom. The molecule has 0 spiro atoms. The predicted octanol–water partition coefficient (Wildman–Crippen LogP) is -0.175. The van der Waals surface area contributed by atoms with Crippen LogP contribution in [0.25, 0.3) is 0 Å². The van der Waals surface area contributed by atoms with E-state index in [4.69, 9.17) is 5.11 Å². The van der Waals surface area contributed by atoms with Crippen LogP contribution in [0.5, 0.6) is 0 Å². The maximum Gasteiger partial charge on any atom is 0.227 e. The van der Waals surface area contributed by atoms with Crippen LogP contribution in [0.3, 0.4) is 0 Å². The van der Waals surface area contributed by atoms with Gasteiger partial charge in [-0.05, 0) is 25.3 Å². The fourth-order valence-electron chi connectivity index (χ4n) is 2.60. The van der Waals surface area contributed by atoms with E-state index in [0.717, 1.165) is 25.9 Å². The minimum atomic E-state index is 0.159. The summed E-state index contributed by atoms with van der Waals surface area (Å²) in [6.45, 7) is 4.70. The summed E-state index contributed by atoms with van der Waals surface area (Å²) >= 11 is 0. The third-order valence-corrected chi connectivity index (χ3v) is 3.47. The molecule has 1 amide bonds. The van der Waals surface area contributed by atoms with E-state index in [2.05, 4.69) is 5.32 Å². The van der Waals surface area contributed by atoms with Gasteiger partial charge in [0.25, 0.3) is 0 Å². The number of hydrogen-bond acceptors (Lipinski definition) is 3. The van der Waals surface area contributed by atoms with Gasteiger partial charge in [0, 0.05) is 25.7 Å². The number of aliphatic hydroxyl groups is 1. The van der Waals surface area contributed by atoms with Crippen molar-refractivity contribution in [3.05, 3.63) is 0 Å². The van der Waals surface area contributed by atoms with E-state index < -0.39 is 0 Å². The quantitative estimate of drug-likeness (QED) is 0.682. The average Bonchev–Trinajstić information content (AvgIpc) is 2.57. The van der Waals surface area contributed by atoms with Gasteiger partial charge in [0.05, 0.1) is 5.92 Å². The van der Waals surface area contributed by atoms with Gasteiger partial charge in [0.2, 0.25) is 5.91 Å². The molecule has 4 heteroatoms. The Labute approximate surface area is 90.6 Å². The molecule has 86 valence electrons. The molecular formula is C11H20N2O2. The molecule has 2 aliphatic rings. The Kier molecular flexibility index (Phi) is 3.26. The fourth-order valence-corrected chi connectivity index (χ4v) is 2.60. The first-order chi connectivity index (χ1) is 7.22. The Bertz CT molecular complexity index is 245. The molecule has 0 aromatic heterocycles. The van der Waals surface area contributed by atoms with E-state index in [1.807, 2.05) is 11.8 Å². The number of rotatable bonds is 3. The Morgan fingerprint density at radius 1 is 1.67 bits per heavy atom. The van der Waals surface area contributed by atoms with Crippen molar-refractivity contribution in [2.24, 2.45) is 11.8 Å². The fraction of sp³-hybridized carbons (Fsp3) is 0.909. The van der Waals surface area contributed by atoms with Crippen molar-refractivity contribution in [1.29, 1.82) is 0 Å². The molecule has 0 bridgehead atoms. The summed E-state index contributed by atoms with van der Waals surface area (Å²) in [4.78, 5) is 13.9. The second-order valence-electron chi connectivity index (χ2n) is 4.84. The zero-order valence-corrected chi connectivity index (χ0v) is 9.28. The molecule has 3 unspecified atom stereocenters. The summed E-state index contributed by atoms with van der Waals surface area (Å²) in [5.74, 6) is 0.672. The zero-order chi connectivity index (χ0) is 10.8. The van der Waals surface area contributed by atoms with Gasteiger partial charge >= 0.3 is 0 Å². The Hall–Kier alpha value is -0.610. The van der Waals surface area contributed by atoms with Crippen molar-refractivity contribution < 1.29 is 9.90 Å². The minimum absolute atomic E-state index is 0.159. The molecule has 0 radical (unpaired) electrons. The average molecular weight is 212 g/mol. The van der Waals surface area contributed by atoms with Gasteiger partial charge in [-0.3, -0.25) is 4.79 Å². The number of likely N-dealkylation sites (tertiary alicyclic amines) is 1. The van der Waals surface area contributed by atoms with Crippen LogP contribution in [-0.2, 0) is 4.79 Å². The minimum Gasteiger partial charge on any atom is -0.396 e. The van der Waals surface area contributed by atoms with Crippen molar-refractivity contribution in [3.8, 4) is 0 Å². The number of nitrogens with one attached hydrogen (secondary N) is 1. The third-order valence-electron chi connectivity index (χ3n) is 3.47. The Balaban J connectivity index is 1.95. The van der Waals surface area contributed by atoms with Gasteiger partial charge in [0.15, 0.2) is 0 Å². The van der Waals surface area contributed by atoms with Crippen molar-refractivity contribution in [2.75, 3.05) is 26.2 Å². The standard InChI is InChI=1S/C11H20N2O2/c1-8(7-14)5-13-6-10-9(11(13)15)3-2-4-12-10/h8-10,12,14H,2-7H2,1H3. The van der Waals surface area contributed by atoms with E-state index in [0.29, 0.717) is 12.6 Å². The first kappa shape index (κ1) is 10.9. The molecule has 2 rings (SSSR count). The number of fused-ring (bicyclic) bond motifs is 1. The van der Waals surface area contributed by atoms with Gasteiger partial charge < -0.3 is 15.3 Å². The van der Waals surface area contributed by atoms with E-state index in [1.165, 1.54) is 0 Å². The van der Waals surface area contributed by atoms with Crippen LogP contribution in [0.2, 0.25) is 0 Å².